The summed E-state index contributed by atoms with van der Waals surface area (Å²) in [6, 6.07) is 10.8. The van der Waals surface area contributed by atoms with Crippen molar-refractivity contribution in [3.8, 4) is 5.75 Å². The van der Waals surface area contributed by atoms with Crippen LogP contribution in [0, 0.1) is 0 Å². The number of likely N-dealkylation sites (tertiary alicyclic amines) is 1. The number of nitrogens with one attached hydrogen (secondary N) is 1. The van der Waals surface area contributed by atoms with Crippen molar-refractivity contribution in [2.24, 2.45) is 0 Å². The number of hydrogen-bond acceptors (Lipinski definition) is 4. The van der Waals surface area contributed by atoms with E-state index in [2.05, 4.69) is 4.72 Å². The third-order valence-corrected chi connectivity index (χ3v) is 6.00. The van der Waals surface area contributed by atoms with Gasteiger partial charge in [-0.1, -0.05) is 11.6 Å². The van der Waals surface area contributed by atoms with Crippen LogP contribution in [0.5, 0.6) is 5.75 Å². The molecule has 1 heterocycles. The molecule has 2 aromatic rings. The predicted molar refractivity (Wildman–Crippen MR) is 105 cm³/mol. The minimum Gasteiger partial charge on any atom is -0.494 e. The molecule has 0 aromatic heterocycles. The Kier molecular flexibility index (Phi) is 5.92. The third-order valence-electron chi connectivity index (χ3n) is 4.29. The SMILES string of the molecule is CCOc1ccc(NS(=O)(=O)c2ccc(Cl)c(C(=O)N3CCCC3)c2)cc1. The van der Waals surface area contributed by atoms with Gasteiger partial charge in [-0.2, -0.15) is 0 Å². The Hall–Kier alpha value is -2.25. The van der Waals surface area contributed by atoms with Gasteiger partial charge < -0.3 is 9.64 Å². The van der Waals surface area contributed by atoms with Crippen molar-refractivity contribution in [2.45, 2.75) is 24.7 Å². The summed E-state index contributed by atoms with van der Waals surface area (Å²) in [4.78, 5) is 14.3. The summed E-state index contributed by atoms with van der Waals surface area (Å²) in [5.41, 5.74) is 0.606. The normalized spacial score (nSPS) is 14.2. The molecule has 0 unspecified atom stereocenters. The number of benzene rings is 2. The number of carbonyl (C=O) groups excluding carboxylic acids is 1. The first-order chi connectivity index (χ1) is 12.9. The van der Waals surface area contributed by atoms with Crippen molar-refractivity contribution < 1.29 is 17.9 Å². The van der Waals surface area contributed by atoms with Crippen LogP contribution in [-0.4, -0.2) is 38.9 Å². The van der Waals surface area contributed by atoms with Crippen LogP contribution < -0.4 is 9.46 Å². The summed E-state index contributed by atoms with van der Waals surface area (Å²) >= 11 is 6.15. The van der Waals surface area contributed by atoms with E-state index in [0.717, 1.165) is 12.8 Å². The summed E-state index contributed by atoms with van der Waals surface area (Å²) in [6.07, 6.45) is 1.89. The van der Waals surface area contributed by atoms with E-state index in [4.69, 9.17) is 16.3 Å². The first-order valence-electron chi connectivity index (χ1n) is 8.75. The van der Waals surface area contributed by atoms with Gasteiger partial charge in [0.15, 0.2) is 0 Å². The Morgan fingerprint density at radius 2 is 1.81 bits per heavy atom. The number of rotatable bonds is 6. The lowest BCUT2D eigenvalue weighted by molar-refractivity contribution is 0.0792. The quantitative estimate of drug-likeness (QED) is 0.789. The lowest BCUT2D eigenvalue weighted by atomic mass is 10.2. The Labute approximate surface area is 164 Å². The largest absolute Gasteiger partial charge is 0.494 e. The lowest BCUT2D eigenvalue weighted by Gasteiger charge is -2.17. The molecule has 1 aliphatic rings. The van der Waals surface area contributed by atoms with Crippen LogP contribution in [0.1, 0.15) is 30.1 Å². The van der Waals surface area contributed by atoms with Gasteiger partial charge in [0.1, 0.15) is 5.75 Å². The van der Waals surface area contributed by atoms with Gasteiger partial charge in [0.2, 0.25) is 0 Å². The maximum Gasteiger partial charge on any atom is 0.261 e. The minimum absolute atomic E-state index is 0.0108. The lowest BCUT2D eigenvalue weighted by Crippen LogP contribution is -2.28. The Morgan fingerprint density at radius 3 is 2.44 bits per heavy atom. The molecule has 0 radical (unpaired) electrons. The molecule has 8 heteroatoms. The van der Waals surface area contributed by atoms with Crippen molar-refractivity contribution in [2.75, 3.05) is 24.4 Å². The fourth-order valence-electron chi connectivity index (χ4n) is 2.93. The van der Waals surface area contributed by atoms with E-state index in [1.54, 1.807) is 29.2 Å². The maximum absolute atomic E-state index is 12.7. The van der Waals surface area contributed by atoms with Gasteiger partial charge in [0, 0.05) is 18.8 Å². The monoisotopic (exact) mass is 408 g/mol. The number of carbonyl (C=O) groups is 1. The predicted octanol–water partition coefficient (Wildman–Crippen LogP) is 3.78. The van der Waals surface area contributed by atoms with E-state index >= 15 is 0 Å². The number of nitrogens with zero attached hydrogens (tertiary/aromatic N) is 1. The second-order valence-corrected chi connectivity index (χ2v) is 8.29. The van der Waals surface area contributed by atoms with Crippen LogP contribution in [0.4, 0.5) is 5.69 Å². The van der Waals surface area contributed by atoms with Gasteiger partial charge in [-0.15, -0.1) is 0 Å². The molecule has 0 bridgehead atoms. The van der Waals surface area contributed by atoms with Crippen LogP contribution >= 0.6 is 11.6 Å². The smallest absolute Gasteiger partial charge is 0.261 e. The highest BCUT2D eigenvalue weighted by Gasteiger charge is 2.24. The molecule has 27 heavy (non-hydrogen) atoms. The number of amides is 1. The first kappa shape index (κ1) is 19.5. The number of anilines is 1. The van der Waals surface area contributed by atoms with Crippen LogP contribution in [0.25, 0.3) is 0 Å². The van der Waals surface area contributed by atoms with Gasteiger partial charge in [0.25, 0.3) is 15.9 Å². The molecule has 0 atom stereocenters. The topological polar surface area (TPSA) is 75.7 Å². The van der Waals surface area contributed by atoms with Crippen LogP contribution in [0.3, 0.4) is 0 Å². The Bertz CT molecular complexity index is 923. The molecule has 0 aliphatic carbocycles. The zero-order chi connectivity index (χ0) is 19.4. The zero-order valence-corrected chi connectivity index (χ0v) is 16.5. The van der Waals surface area contributed by atoms with Crippen molar-refractivity contribution >= 4 is 33.2 Å². The highest BCUT2D eigenvalue weighted by molar-refractivity contribution is 7.92. The molecular formula is C19H21ClN2O4S. The van der Waals surface area contributed by atoms with E-state index in [1.165, 1.54) is 18.2 Å². The molecule has 1 aliphatic heterocycles. The first-order valence-corrected chi connectivity index (χ1v) is 10.6. The van der Waals surface area contributed by atoms with Crippen molar-refractivity contribution in [1.29, 1.82) is 0 Å². The van der Waals surface area contributed by atoms with Crippen molar-refractivity contribution in [3.05, 3.63) is 53.1 Å². The number of ether oxygens (including phenoxy) is 1. The summed E-state index contributed by atoms with van der Waals surface area (Å²) in [5, 5.41) is 0.243. The van der Waals surface area contributed by atoms with Gasteiger partial charge >= 0.3 is 0 Å². The summed E-state index contributed by atoms with van der Waals surface area (Å²) in [7, 11) is -3.85. The molecule has 0 saturated carbocycles. The van der Waals surface area contributed by atoms with E-state index in [-0.39, 0.29) is 21.4 Å². The Balaban J connectivity index is 1.83. The number of hydrogen-bond donors (Lipinski definition) is 1. The third kappa shape index (κ3) is 4.54. The molecular weight excluding hydrogens is 388 g/mol. The molecule has 3 rings (SSSR count). The fraction of sp³-hybridized carbons (Fsp3) is 0.316. The number of sulfonamides is 1. The minimum atomic E-state index is -3.85. The van der Waals surface area contributed by atoms with Gasteiger partial charge in [-0.05, 0) is 62.2 Å². The molecule has 2 aromatic carbocycles. The highest BCUT2D eigenvalue weighted by atomic mass is 35.5. The molecule has 1 fully saturated rings. The van der Waals surface area contributed by atoms with E-state index in [9.17, 15) is 13.2 Å². The molecule has 0 spiro atoms. The van der Waals surface area contributed by atoms with E-state index < -0.39 is 10.0 Å². The van der Waals surface area contributed by atoms with Crippen LogP contribution in [0.15, 0.2) is 47.4 Å². The maximum atomic E-state index is 12.7. The molecule has 6 nitrogen and oxygen atoms in total. The van der Waals surface area contributed by atoms with Crippen molar-refractivity contribution in [3.63, 3.8) is 0 Å². The molecule has 1 amide bonds. The fourth-order valence-corrected chi connectivity index (χ4v) is 4.21. The van der Waals surface area contributed by atoms with Gasteiger partial charge in [-0.3, -0.25) is 9.52 Å². The number of halogens is 1. The van der Waals surface area contributed by atoms with E-state index in [0.29, 0.717) is 31.1 Å². The van der Waals surface area contributed by atoms with Crippen LogP contribution in [0.2, 0.25) is 5.02 Å². The standard InChI is InChI=1S/C19H21ClN2O4S/c1-2-26-15-7-5-14(6-8-15)21-27(24,25)16-9-10-18(20)17(13-16)19(23)22-11-3-4-12-22/h5-10,13,21H,2-4,11-12H2,1H3. The van der Waals surface area contributed by atoms with Crippen LogP contribution in [-0.2, 0) is 10.0 Å². The van der Waals surface area contributed by atoms with E-state index in [1.807, 2.05) is 6.92 Å². The molecule has 1 saturated heterocycles. The average molecular weight is 409 g/mol. The van der Waals surface area contributed by atoms with Gasteiger partial charge in [-0.25, -0.2) is 8.42 Å². The van der Waals surface area contributed by atoms with Crippen molar-refractivity contribution in [1.82, 2.24) is 4.90 Å². The average Bonchev–Trinajstić information content (AvgIpc) is 3.18. The molecule has 1 N–H and O–H groups in total. The second kappa shape index (κ2) is 8.19. The highest BCUT2D eigenvalue weighted by Crippen LogP contribution is 2.25. The summed E-state index contributed by atoms with van der Waals surface area (Å²) in [5.74, 6) is 0.418. The summed E-state index contributed by atoms with van der Waals surface area (Å²) < 4.78 is 33.3. The molecule has 144 valence electrons. The summed E-state index contributed by atoms with van der Waals surface area (Å²) in [6.45, 7) is 3.73. The zero-order valence-electron chi connectivity index (χ0n) is 14.9. The Morgan fingerprint density at radius 1 is 1.15 bits per heavy atom. The van der Waals surface area contributed by atoms with Gasteiger partial charge in [0.05, 0.1) is 22.1 Å². The second-order valence-electron chi connectivity index (χ2n) is 6.20.